The Balaban J connectivity index is 1.92. The first-order valence-corrected chi connectivity index (χ1v) is 8.62. The van der Waals surface area contributed by atoms with Gasteiger partial charge in [-0.1, -0.05) is 27.2 Å². The van der Waals surface area contributed by atoms with Crippen LogP contribution in [-0.2, 0) is 9.47 Å². The van der Waals surface area contributed by atoms with Crippen LogP contribution >= 0.6 is 0 Å². The van der Waals surface area contributed by atoms with E-state index >= 15 is 0 Å². The quantitative estimate of drug-likeness (QED) is 0.809. The molecule has 3 nitrogen and oxygen atoms in total. The highest BCUT2D eigenvalue weighted by Crippen LogP contribution is 2.37. The van der Waals surface area contributed by atoms with Gasteiger partial charge in [0, 0.05) is 25.8 Å². The number of rotatable bonds is 6. The van der Waals surface area contributed by atoms with E-state index in [0.717, 1.165) is 38.5 Å². The van der Waals surface area contributed by atoms with Gasteiger partial charge in [-0.05, 0) is 44.4 Å². The van der Waals surface area contributed by atoms with Gasteiger partial charge >= 0.3 is 0 Å². The maximum atomic E-state index is 6.62. The Morgan fingerprint density at radius 1 is 1.15 bits per heavy atom. The minimum absolute atomic E-state index is 0.0813. The van der Waals surface area contributed by atoms with Crippen LogP contribution in [0.15, 0.2) is 0 Å². The molecule has 20 heavy (non-hydrogen) atoms. The van der Waals surface area contributed by atoms with Gasteiger partial charge < -0.3 is 14.8 Å². The van der Waals surface area contributed by atoms with Crippen molar-refractivity contribution >= 4 is 0 Å². The van der Waals surface area contributed by atoms with Crippen molar-refractivity contribution in [1.82, 2.24) is 5.32 Å². The van der Waals surface area contributed by atoms with Crippen molar-refractivity contribution in [2.75, 3.05) is 19.8 Å². The highest BCUT2D eigenvalue weighted by molar-refractivity contribution is 4.91. The highest BCUT2D eigenvalue weighted by Gasteiger charge is 2.38. The van der Waals surface area contributed by atoms with Gasteiger partial charge in [0.2, 0.25) is 0 Å². The standard InChI is InChI=1S/C17H33NO2/c1-4-15-5-9-17(10-6-15,13-18-14(2)3)20-16-7-11-19-12-8-16/h14-16,18H,4-13H2,1-3H3. The predicted molar refractivity (Wildman–Crippen MR) is 83.0 cm³/mol. The molecular formula is C17H33NO2. The predicted octanol–water partition coefficient (Wildman–Crippen LogP) is 3.52. The fourth-order valence-corrected chi connectivity index (χ4v) is 3.49. The molecule has 1 saturated heterocycles. The molecule has 2 fully saturated rings. The Morgan fingerprint density at radius 3 is 2.35 bits per heavy atom. The summed E-state index contributed by atoms with van der Waals surface area (Å²) in [5, 5.41) is 3.62. The first kappa shape index (κ1) is 16.3. The average Bonchev–Trinajstić information content (AvgIpc) is 2.47. The van der Waals surface area contributed by atoms with E-state index in [4.69, 9.17) is 9.47 Å². The molecule has 1 heterocycles. The molecule has 118 valence electrons. The molecule has 0 radical (unpaired) electrons. The van der Waals surface area contributed by atoms with Gasteiger partial charge in [-0.2, -0.15) is 0 Å². The number of ether oxygens (including phenoxy) is 2. The van der Waals surface area contributed by atoms with Gasteiger partial charge in [-0.3, -0.25) is 0 Å². The zero-order chi connectivity index (χ0) is 14.4. The summed E-state index contributed by atoms with van der Waals surface area (Å²) in [6.45, 7) is 9.52. The van der Waals surface area contributed by atoms with Gasteiger partial charge in [-0.15, -0.1) is 0 Å². The molecule has 0 bridgehead atoms. The van der Waals surface area contributed by atoms with Crippen LogP contribution in [0.1, 0.15) is 65.7 Å². The van der Waals surface area contributed by atoms with Gasteiger partial charge in [-0.25, -0.2) is 0 Å². The third-order valence-corrected chi connectivity index (χ3v) is 5.01. The summed E-state index contributed by atoms with van der Waals surface area (Å²) in [4.78, 5) is 0. The van der Waals surface area contributed by atoms with Crippen LogP contribution in [0.5, 0.6) is 0 Å². The molecule has 1 aliphatic heterocycles. The largest absolute Gasteiger partial charge is 0.381 e. The Bertz CT molecular complexity index is 266. The summed E-state index contributed by atoms with van der Waals surface area (Å²) >= 11 is 0. The molecule has 0 aromatic rings. The van der Waals surface area contributed by atoms with Crippen LogP contribution in [0.3, 0.4) is 0 Å². The lowest BCUT2D eigenvalue weighted by molar-refractivity contribution is -0.143. The molecule has 2 rings (SSSR count). The van der Waals surface area contributed by atoms with Crippen molar-refractivity contribution < 1.29 is 9.47 Å². The molecule has 3 heteroatoms. The van der Waals surface area contributed by atoms with E-state index in [1.54, 1.807) is 0 Å². The highest BCUT2D eigenvalue weighted by atomic mass is 16.5. The number of hydrogen-bond donors (Lipinski definition) is 1. The lowest BCUT2D eigenvalue weighted by Crippen LogP contribution is -2.50. The SMILES string of the molecule is CCC1CCC(CNC(C)C)(OC2CCOCC2)CC1. The minimum Gasteiger partial charge on any atom is -0.381 e. The smallest absolute Gasteiger partial charge is 0.0810 e. The van der Waals surface area contributed by atoms with E-state index < -0.39 is 0 Å². The summed E-state index contributed by atoms with van der Waals surface area (Å²) < 4.78 is 12.1. The van der Waals surface area contributed by atoms with Gasteiger partial charge in [0.25, 0.3) is 0 Å². The molecule has 0 spiro atoms. The van der Waals surface area contributed by atoms with Crippen LogP contribution in [0, 0.1) is 5.92 Å². The van der Waals surface area contributed by atoms with Crippen molar-refractivity contribution in [2.24, 2.45) is 5.92 Å². The zero-order valence-electron chi connectivity index (χ0n) is 13.6. The first-order valence-electron chi connectivity index (χ1n) is 8.62. The molecule has 1 saturated carbocycles. The summed E-state index contributed by atoms with van der Waals surface area (Å²) in [6, 6.07) is 0.536. The second-order valence-electron chi connectivity index (χ2n) is 7.00. The van der Waals surface area contributed by atoms with Crippen LogP contribution in [0.4, 0.5) is 0 Å². The molecule has 0 amide bonds. The lowest BCUT2D eigenvalue weighted by atomic mass is 9.77. The summed E-state index contributed by atoms with van der Waals surface area (Å²) in [7, 11) is 0. The average molecular weight is 283 g/mol. The lowest BCUT2D eigenvalue weighted by Gasteiger charge is -2.43. The summed E-state index contributed by atoms with van der Waals surface area (Å²) in [5.41, 5.74) is 0.0813. The van der Waals surface area contributed by atoms with Crippen molar-refractivity contribution in [3.05, 3.63) is 0 Å². The van der Waals surface area contributed by atoms with E-state index in [0.29, 0.717) is 12.1 Å². The number of nitrogens with one attached hydrogen (secondary N) is 1. The molecule has 2 aliphatic rings. The van der Waals surface area contributed by atoms with Crippen molar-refractivity contribution in [3.63, 3.8) is 0 Å². The molecule has 0 aromatic heterocycles. The fourth-order valence-electron chi connectivity index (χ4n) is 3.49. The fraction of sp³-hybridized carbons (Fsp3) is 1.00. The normalized spacial score (nSPS) is 32.7. The minimum atomic E-state index is 0.0813. The van der Waals surface area contributed by atoms with Crippen LogP contribution in [-0.4, -0.2) is 37.5 Å². The summed E-state index contributed by atoms with van der Waals surface area (Å²) in [6.07, 6.45) is 8.99. The monoisotopic (exact) mass is 283 g/mol. The van der Waals surface area contributed by atoms with Gasteiger partial charge in [0.05, 0.1) is 11.7 Å². The molecule has 0 atom stereocenters. The topological polar surface area (TPSA) is 30.5 Å². The molecule has 0 unspecified atom stereocenters. The van der Waals surface area contributed by atoms with E-state index in [1.807, 2.05) is 0 Å². The molecular weight excluding hydrogens is 250 g/mol. The van der Waals surface area contributed by atoms with Crippen molar-refractivity contribution in [2.45, 2.75) is 83.5 Å². The zero-order valence-corrected chi connectivity index (χ0v) is 13.6. The second kappa shape index (κ2) is 7.77. The van der Waals surface area contributed by atoms with Crippen molar-refractivity contribution in [3.8, 4) is 0 Å². The third kappa shape index (κ3) is 4.71. The summed E-state index contributed by atoms with van der Waals surface area (Å²) in [5.74, 6) is 0.917. The Hall–Kier alpha value is -0.120. The number of hydrogen-bond acceptors (Lipinski definition) is 3. The van der Waals surface area contributed by atoms with E-state index in [-0.39, 0.29) is 5.60 Å². The van der Waals surface area contributed by atoms with E-state index in [2.05, 4.69) is 26.1 Å². The Kier molecular flexibility index (Phi) is 6.31. The van der Waals surface area contributed by atoms with E-state index in [9.17, 15) is 0 Å². The second-order valence-corrected chi connectivity index (χ2v) is 7.00. The van der Waals surface area contributed by atoms with Gasteiger partial charge in [0.15, 0.2) is 0 Å². The molecule has 1 N–H and O–H groups in total. The van der Waals surface area contributed by atoms with E-state index in [1.165, 1.54) is 32.1 Å². The van der Waals surface area contributed by atoms with Crippen LogP contribution < -0.4 is 5.32 Å². The maximum Gasteiger partial charge on any atom is 0.0810 e. The Morgan fingerprint density at radius 2 is 1.80 bits per heavy atom. The first-order chi connectivity index (χ1) is 9.63. The maximum absolute atomic E-state index is 6.62. The Labute approximate surface area is 124 Å². The van der Waals surface area contributed by atoms with Gasteiger partial charge in [0.1, 0.15) is 0 Å². The van der Waals surface area contributed by atoms with Crippen LogP contribution in [0.2, 0.25) is 0 Å². The third-order valence-electron chi connectivity index (χ3n) is 5.01. The van der Waals surface area contributed by atoms with Crippen LogP contribution in [0.25, 0.3) is 0 Å². The molecule has 0 aromatic carbocycles. The molecule has 1 aliphatic carbocycles. The van der Waals surface area contributed by atoms with Crippen molar-refractivity contribution in [1.29, 1.82) is 0 Å².